The number of hydrogen-bond donors (Lipinski definition) is 1. The van der Waals surface area contributed by atoms with Crippen LogP contribution in [0.4, 0.5) is 0 Å². The maximum atomic E-state index is 11.8. The molecule has 102 valence electrons. The standard InChI is InChI=1S/C16H26O2/c1-2-13-10-11-16(12-13,15(17)18)14-8-6-4-3-5-7-9-14/h6,8,13-14H,2-5,7,9-12H2,1H3,(H,17,18)/b8-6+. The number of carboxylic acids is 1. The zero-order chi connectivity index (χ0) is 13.0. The molecule has 3 unspecified atom stereocenters. The van der Waals surface area contributed by atoms with Gasteiger partial charge in [-0.3, -0.25) is 4.79 Å². The molecule has 18 heavy (non-hydrogen) atoms. The molecule has 2 rings (SSSR count). The van der Waals surface area contributed by atoms with E-state index >= 15 is 0 Å². The summed E-state index contributed by atoms with van der Waals surface area (Å²) in [6.07, 6.45) is 14.4. The maximum Gasteiger partial charge on any atom is 0.310 e. The minimum Gasteiger partial charge on any atom is -0.481 e. The summed E-state index contributed by atoms with van der Waals surface area (Å²) in [6.45, 7) is 2.19. The average Bonchev–Trinajstić information content (AvgIpc) is 2.74. The van der Waals surface area contributed by atoms with Crippen molar-refractivity contribution in [2.45, 2.75) is 64.7 Å². The van der Waals surface area contributed by atoms with Crippen molar-refractivity contribution in [2.24, 2.45) is 17.3 Å². The monoisotopic (exact) mass is 250 g/mol. The van der Waals surface area contributed by atoms with Gasteiger partial charge in [-0.15, -0.1) is 0 Å². The molecule has 0 heterocycles. The van der Waals surface area contributed by atoms with Gasteiger partial charge in [0.25, 0.3) is 0 Å². The first-order valence-corrected chi connectivity index (χ1v) is 7.59. The van der Waals surface area contributed by atoms with Gasteiger partial charge in [0.2, 0.25) is 0 Å². The Hall–Kier alpha value is -0.790. The van der Waals surface area contributed by atoms with Crippen LogP contribution >= 0.6 is 0 Å². The average molecular weight is 250 g/mol. The van der Waals surface area contributed by atoms with Gasteiger partial charge in [-0.1, -0.05) is 38.3 Å². The minimum atomic E-state index is -0.548. The molecule has 0 aliphatic heterocycles. The molecule has 2 aliphatic rings. The molecule has 0 radical (unpaired) electrons. The van der Waals surface area contributed by atoms with Gasteiger partial charge in [0.1, 0.15) is 0 Å². The molecule has 0 aromatic rings. The highest BCUT2D eigenvalue weighted by molar-refractivity contribution is 5.76. The van der Waals surface area contributed by atoms with Crippen LogP contribution < -0.4 is 0 Å². The van der Waals surface area contributed by atoms with Gasteiger partial charge in [0.15, 0.2) is 0 Å². The third kappa shape index (κ3) is 2.62. The molecular weight excluding hydrogens is 224 g/mol. The molecule has 2 nitrogen and oxygen atoms in total. The first-order valence-electron chi connectivity index (χ1n) is 7.59. The predicted molar refractivity (Wildman–Crippen MR) is 73.4 cm³/mol. The van der Waals surface area contributed by atoms with Gasteiger partial charge in [-0.05, 0) is 50.4 Å². The summed E-state index contributed by atoms with van der Waals surface area (Å²) in [5.74, 6) is 0.348. The van der Waals surface area contributed by atoms with Gasteiger partial charge in [0.05, 0.1) is 5.41 Å². The molecule has 1 saturated carbocycles. The lowest BCUT2D eigenvalue weighted by Crippen LogP contribution is -2.36. The molecule has 1 N–H and O–H groups in total. The molecule has 0 aromatic heterocycles. The second-order valence-electron chi connectivity index (χ2n) is 6.15. The van der Waals surface area contributed by atoms with E-state index in [0.717, 1.165) is 38.5 Å². The van der Waals surface area contributed by atoms with E-state index in [-0.39, 0.29) is 5.92 Å². The Labute approximate surface area is 110 Å². The molecule has 0 saturated heterocycles. The Balaban J connectivity index is 2.18. The molecule has 2 aliphatic carbocycles. The van der Waals surface area contributed by atoms with E-state index in [1.54, 1.807) is 0 Å². The molecule has 0 bridgehead atoms. The first-order chi connectivity index (χ1) is 8.69. The van der Waals surface area contributed by atoms with E-state index in [1.165, 1.54) is 19.3 Å². The van der Waals surface area contributed by atoms with Crippen molar-refractivity contribution < 1.29 is 9.90 Å². The van der Waals surface area contributed by atoms with Crippen molar-refractivity contribution in [1.82, 2.24) is 0 Å². The smallest absolute Gasteiger partial charge is 0.310 e. The summed E-state index contributed by atoms with van der Waals surface area (Å²) in [4.78, 5) is 11.8. The number of carbonyl (C=O) groups is 1. The largest absolute Gasteiger partial charge is 0.481 e. The van der Waals surface area contributed by atoms with Crippen LogP contribution in [0.5, 0.6) is 0 Å². The van der Waals surface area contributed by atoms with Crippen molar-refractivity contribution in [3.63, 3.8) is 0 Å². The fourth-order valence-electron chi connectivity index (χ4n) is 3.84. The molecule has 0 amide bonds. The molecule has 1 fully saturated rings. The fourth-order valence-corrected chi connectivity index (χ4v) is 3.84. The topological polar surface area (TPSA) is 37.3 Å². The lowest BCUT2D eigenvalue weighted by molar-refractivity contribution is -0.151. The van der Waals surface area contributed by atoms with Crippen molar-refractivity contribution in [3.05, 3.63) is 12.2 Å². The minimum absolute atomic E-state index is 0.270. The molecule has 2 heteroatoms. The van der Waals surface area contributed by atoms with Crippen LogP contribution in [0, 0.1) is 17.3 Å². The van der Waals surface area contributed by atoms with Crippen LogP contribution in [-0.4, -0.2) is 11.1 Å². The number of rotatable bonds is 3. The van der Waals surface area contributed by atoms with Gasteiger partial charge in [0, 0.05) is 0 Å². The second kappa shape index (κ2) is 5.90. The second-order valence-corrected chi connectivity index (χ2v) is 6.15. The maximum absolute atomic E-state index is 11.8. The Bertz CT molecular complexity index is 321. The highest BCUT2D eigenvalue weighted by Crippen LogP contribution is 2.50. The van der Waals surface area contributed by atoms with E-state index in [0.29, 0.717) is 5.92 Å². The van der Waals surface area contributed by atoms with Crippen LogP contribution in [0.3, 0.4) is 0 Å². The number of hydrogen-bond acceptors (Lipinski definition) is 1. The van der Waals surface area contributed by atoms with E-state index < -0.39 is 11.4 Å². The van der Waals surface area contributed by atoms with Crippen molar-refractivity contribution >= 4 is 5.97 Å². The number of allylic oxidation sites excluding steroid dienone is 2. The van der Waals surface area contributed by atoms with Crippen molar-refractivity contribution in [1.29, 1.82) is 0 Å². The molecule has 0 aromatic carbocycles. The van der Waals surface area contributed by atoms with E-state index in [9.17, 15) is 9.90 Å². The quantitative estimate of drug-likeness (QED) is 0.754. The molecule has 0 spiro atoms. The third-order valence-electron chi connectivity index (χ3n) is 5.12. The lowest BCUT2D eigenvalue weighted by Gasteiger charge is -2.33. The summed E-state index contributed by atoms with van der Waals surface area (Å²) in [7, 11) is 0. The Morgan fingerprint density at radius 3 is 2.83 bits per heavy atom. The van der Waals surface area contributed by atoms with Gasteiger partial charge in [-0.2, -0.15) is 0 Å². The van der Waals surface area contributed by atoms with Crippen molar-refractivity contribution in [2.75, 3.05) is 0 Å². The Morgan fingerprint density at radius 1 is 1.33 bits per heavy atom. The fraction of sp³-hybridized carbons (Fsp3) is 0.812. The third-order valence-corrected chi connectivity index (χ3v) is 5.12. The lowest BCUT2D eigenvalue weighted by atomic mass is 9.70. The molecular formula is C16H26O2. The van der Waals surface area contributed by atoms with Crippen LogP contribution in [0.15, 0.2) is 12.2 Å². The van der Waals surface area contributed by atoms with E-state index in [4.69, 9.17) is 0 Å². The zero-order valence-electron chi connectivity index (χ0n) is 11.5. The van der Waals surface area contributed by atoms with Gasteiger partial charge < -0.3 is 5.11 Å². The Kier molecular flexibility index (Phi) is 4.47. The summed E-state index contributed by atoms with van der Waals surface area (Å²) in [6, 6.07) is 0. The van der Waals surface area contributed by atoms with E-state index in [2.05, 4.69) is 19.1 Å². The number of aliphatic carboxylic acids is 1. The van der Waals surface area contributed by atoms with Crippen LogP contribution in [0.1, 0.15) is 64.7 Å². The Morgan fingerprint density at radius 2 is 2.17 bits per heavy atom. The highest BCUT2D eigenvalue weighted by atomic mass is 16.4. The summed E-state index contributed by atoms with van der Waals surface area (Å²) >= 11 is 0. The zero-order valence-corrected chi connectivity index (χ0v) is 11.5. The van der Waals surface area contributed by atoms with Crippen LogP contribution in [0.2, 0.25) is 0 Å². The normalized spacial score (nSPS) is 38.9. The van der Waals surface area contributed by atoms with Gasteiger partial charge >= 0.3 is 5.97 Å². The summed E-state index contributed by atoms with van der Waals surface area (Å²) < 4.78 is 0. The van der Waals surface area contributed by atoms with E-state index in [1.807, 2.05) is 0 Å². The molecule has 3 atom stereocenters. The van der Waals surface area contributed by atoms with Gasteiger partial charge in [-0.25, -0.2) is 0 Å². The summed E-state index contributed by atoms with van der Waals surface area (Å²) in [5.41, 5.74) is -0.450. The highest BCUT2D eigenvalue weighted by Gasteiger charge is 2.49. The predicted octanol–water partition coefficient (Wildman–Crippen LogP) is 4.40. The van der Waals surface area contributed by atoms with Crippen LogP contribution in [-0.2, 0) is 4.79 Å². The van der Waals surface area contributed by atoms with Crippen molar-refractivity contribution in [3.8, 4) is 0 Å². The summed E-state index contributed by atoms with van der Waals surface area (Å²) in [5, 5.41) is 9.76. The first kappa shape index (κ1) is 13.6. The number of carboxylic acid groups (broad SMARTS) is 1. The SMILES string of the molecule is CCC1CCC(C(=O)O)(C2/C=C/CCCCC2)C1. The van der Waals surface area contributed by atoms with Crippen LogP contribution in [0.25, 0.3) is 0 Å².